The molecule has 0 fully saturated rings. The molecule has 4 rings (SSSR count). The molecule has 0 aliphatic carbocycles. The average molecular weight is 453 g/mol. The highest BCUT2D eigenvalue weighted by molar-refractivity contribution is 5.89. The van der Waals surface area contributed by atoms with Gasteiger partial charge in [-0.25, -0.2) is 9.36 Å². The van der Waals surface area contributed by atoms with Gasteiger partial charge in [0.1, 0.15) is 0 Å². The van der Waals surface area contributed by atoms with Crippen LogP contribution in [-0.4, -0.2) is 32.2 Å². The smallest absolute Gasteiger partial charge is 0.337 e. The molecule has 0 radical (unpaired) electrons. The summed E-state index contributed by atoms with van der Waals surface area (Å²) in [6, 6.07) is 9.57. The fourth-order valence-corrected chi connectivity index (χ4v) is 3.60. The van der Waals surface area contributed by atoms with Gasteiger partial charge in [-0.15, -0.1) is 0 Å². The molecule has 0 saturated carbocycles. The zero-order chi connectivity index (χ0) is 23.8. The number of rotatable bonds is 6. The van der Waals surface area contributed by atoms with E-state index in [0.29, 0.717) is 12.2 Å². The molecule has 1 aliphatic rings. The van der Waals surface area contributed by atoms with E-state index in [-0.39, 0.29) is 35.9 Å². The summed E-state index contributed by atoms with van der Waals surface area (Å²) in [4.78, 5) is 43.5. The highest BCUT2D eigenvalue weighted by atomic mass is 16.8. The number of aryl methyl sites for hydroxylation is 1. The van der Waals surface area contributed by atoms with E-state index in [1.807, 2.05) is 30.3 Å². The van der Waals surface area contributed by atoms with Gasteiger partial charge in [0.15, 0.2) is 12.1 Å². The van der Waals surface area contributed by atoms with Crippen molar-refractivity contribution in [3.63, 3.8) is 0 Å². The summed E-state index contributed by atoms with van der Waals surface area (Å²) in [5.41, 5.74) is 0.936. The standard InChI is InChI=1S/C22H23N5O6/c1-13(28)23-21-24-17-16(18(29)25-21)26(12-27(17)11-14-7-5-4-6-8-14)10-9-15-19(30)32-22(2,3)33-20(15)31/h4-8,12H,9-11H2,1-3H3,(H2-,23,24,25,28,29,30,31). The number of nitrogens with zero attached hydrogens (tertiary/aromatic N) is 3. The number of fused-ring (bicyclic) bond motifs is 1. The zero-order valence-corrected chi connectivity index (χ0v) is 18.4. The van der Waals surface area contributed by atoms with Crippen LogP contribution in [0, 0.1) is 0 Å². The third-order valence-electron chi connectivity index (χ3n) is 4.98. The van der Waals surface area contributed by atoms with Gasteiger partial charge < -0.3 is 14.6 Å². The summed E-state index contributed by atoms with van der Waals surface area (Å²) < 4.78 is 13.6. The summed E-state index contributed by atoms with van der Waals surface area (Å²) in [6.07, 6.45) is 1.68. The number of aromatic amines is 1. The second-order valence-corrected chi connectivity index (χ2v) is 8.10. The van der Waals surface area contributed by atoms with Crippen LogP contribution in [0.5, 0.6) is 0 Å². The van der Waals surface area contributed by atoms with Gasteiger partial charge in [0.2, 0.25) is 11.4 Å². The highest BCUT2D eigenvalue weighted by Crippen LogP contribution is 2.26. The number of carbonyl (C=O) groups is 2. The van der Waals surface area contributed by atoms with Crippen LogP contribution >= 0.6 is 0 Å². The van der Waals surface area contributed by atoms with Crippen molar-refractivity contribution < 1.29 is 28.7 Å². The van der Waals surface area contributed by atoms with E-state index in [0.717, 1.165) is 5.56 Å². The number of cyclic esters (lactones) is 1. The van der Waals surface area contributed by atoms with Gasteiger partial charge in [0.05, 0.1) is 24.6 Å². The van der Waals surface area contributed by atoms with Gasteiger partial charge in [-0.1, -0.05) is 35.3 Å². The number of nitrogens with one attached hydrogen (secondary N) is 2. The Balaban J connectivity index is 1.73. The van der Waals surface area contributed by atoms with Crippen molar-refractivity contribution in [1.82, 2.24) is 14.5 Å². The molecule has 0 spiro atoms. The normalized spacial score (nSPS) is 15.3. The Labute approximate surface area is 188 Å². The molecular weight excluding hydrogens is 430 g/mol. The van der Waals surface area contributed by atoms with Crippen LogP contribution < -0.4 is 20.5 Å². The van der Waals surface area contributed by atoms with Crippen molar-refractivity contribution in [2.45, 2.75) is 46.1 Å². The Bertz CT molecular complexity index is 1320. The molecule has 1 aromatic carbocycles. The molecule has 1 amide bonds. The van der Waals surface area contributed by atoms with Crippen molar-refractivity contribution in [3.05, 3.63) is 64.1 Å². The minimum atomic E-state index is -1.32. The monoisotopic (exact) mass is 453 g/mol. The fraction of sp³-hybridized carbons (Fsp3) is 0.318. The van der Waals surface area contributed by atoms with Crippen LogP contribution in [0.1, 0.15) is 32.8 Å². The molecule has 2 N–H and O–H groups in total. The number of carbonyl (C=O) groups excluding carboxylic acids is 2. The first-order valence-electron chi connectivity index (χ1n) is 10.3. The maximum absolute atomic E-state index is 12.9. The molecule has 3 aromatic rings. The lowest BCUT2D eigenvalue weighted by molar-refractivity contribution is -0.665. The number of H-pyrrole nitrogens is 1. The van der Waals surface area contributed by atoms with Crippen LogP contribution in [0.2, 0.25) is 0 Å². The molecule has 172 valence electrons. The Morgan fingerprint density at radius 2 is 1.97 bits per heavy atom. The highest BCUT2D eigenvalue weighted by Gasteiger charge is 2.30. The summed E-state index contributed by atoms with van der Waals surface area (Å²) >= 11 is 0. The molecule has 33 heavy (non-hydrogen) atoms. The number of hydrogen-bond acceptors (Lipinski definition) is 7. The molecule has 0 unspecified atom stereocenters. The number of hydrogen-bond donors (Lipinski definition) is 2. The van der Waals surface area contributed by atoms with E-state index in [1.165, 1.54) is 20.8 Å². The predicted molar refractivity (Wildman–Crippen MR) is 113 cm³/mol. The first kappa shape index (κ1) is 22.1. The van der Waals surface area contributed by atoms with Crippen LogP contribution in [-0.2, 0) is 32.2 Å². The summed E-state index contributed by atoms with van der Waals surface area (Å²) in [5, 5.41) is 14.8. The van der Waals surface area contributed by atoms with Gasteiger partial charge in [0.25, 0.3) is 11.5 Å². The Morgan fingerprint density at radius 1 is 1.24 bits per heavy atom. The molecule has 1 aliphatic heterocycles. The third kappa shape index (κ3) is 4.71. The zero-order valence-electron chi connectivity index (χ0n) is 18.4. The van der Waals surface area contributed by atoms with Crippen molar-refractivity contribution >= 4 is 29.0 Å². The Hall–Kier alpha value is -4.15. The third-order valence-corrected chi connectivity index (χ3v) is 4.98. The SMILES string of the molecule is CC(=O)Nc1nc2c(c(=O)[nH]1)n(CCC1=C([O-])OC(C)(C)OC1=O)c[n+]2Cc1ccccc1. The first-order valence-corrected chi connectivity index (χ1v) is 10.3. The maximum atomic E-state index is 12.9. The Morgan fingerprint density at radius 3 is 2.64 bits per heavy atom. The summed E-state index contributed by atoms with van der Waals surface area (Å²) in [6.45, 7) is 4.80. The minimum Gasteiger partial charge on any atom is -0.575 e. The lowest BCUT2D eigenvalue weighted by Crippen LogP contribution is -2.40. The van der Waals surface area contributed by atoms with Gasteiger partial charge in [-0.2, -0.15) is 0 Å². The van der Waals surface area contributed by atoms with Crippen molar-refractivity contribution in [1.29, 1.82) is 0 Å². The van der Waals surface area contributed by atoms with Gasteiger partial charge in [0, 0.05) is 13.3 Å². The molecule has 2 aromatic heterocycles. The number of aromatic nitrogens is 4. The lowest BCUT2D eigenvalue weighted by Gasteiger charge is -2.39. The predicted octanol–water partition coefficient (Wildman–Crippen LogP) is 0.290. The van der Waals surface area contributed by atoms with Crippen molar-refractivity contribution in [2.24, 2.45) is 0 Å². The van der Waals surface area contributed by atoms with Crippen molar-refractivity contribution in [2.75, 3.05) is 5.32 Å². The second-order valence-electron chi connectivity index (χ2n) is 8.10. The molecule has 11 nitrogen and oxygen atoms in total. The maximum Gasteiger partial charge on any atom is 0.337 e. The number of ether oxygens (including phenoxy) is 2. The van der Waals surface area contributed by atoms with E-state index < -0.39 is 23.3 Å². The summed E-state index contributed by atoms with van der Waals surface area (Å²) in [5.74, 6) is -3.16. The van der Waals surface area contributed by atoms with Crippen LogP contribution in [0.4, 0.5) is 5.95 Å². The van der Waals surface area contributed by atoms with Crippen molar-refractivity contribution in [3.8, 4) is 0 Å². The van der Waals surface area contributed by atoms with Gasteiger partial charge in [-0.05, 0) is 19.4 Å². The Kier molecular flexibility index (Phi) is 5.62. The number of imidazole rings is 1. The molecule has 0 saturated heterocycles. The number of esters is 1. The van der Waals surface area contributed by atoms with Crippen LogP contribution in [0.15, 0.2) is 53.0 Å². The lowest BCUT2D eigenvalue weighted by atomic mass is 10.1. The number of benzene rings is 1. The quantitative estimate of drug-likeness (QED) is 0.403. The summed E-state index contributed by atoms with van der Waals surface area (Å²) in [7, 11) is 0. The molecule has 0 atom stereocenters. The average Bonchev–Trinajstić information content (AvgIpc) is 3.04. The van der Waals surface area contributed by atoms with E-state index in [2.05, 4.69) is 15.3 Å². The van der Waals surface area contributed by atoms with E-state index >= 15 is 0 Å². The number of amides is 1. The van der Waals surface area contributed by atoms with Crippen LogP contribution in [0.3, 0.4) is 0 Å². The second kappa shape index (κ2) is 8.41. The van der Waals surface area contributed by atoms with Crippen LogP contribution in [0.25, 0.3) is 11.2 Å². The van der Waals surface area contributed by atoms with E-state index in [9.17, 15) is 19.5 Å². The van der Waals surface area contributed by atoms with E-state index in [1.54, 1.807) is 15.5 Å². The minimum absolute atomic E-state index is 0.00422. The fourth-order valence-electron chi connectivity index (χ4n) is 3.60. The largest absolute Gasteiger partial charge is 0.575 e. The molecule has 0 bridgehead atoms. The number of anilines is 1. The molecular formula is C22H23N5O6. The molecule has 11 heteroatoms. The first-order chi connectivity index (χ1) is 15.6. The topological polar surface area (TPSA) is 142 Å². The molecule has 3 heterocycles. The van der Waals surface area contributed by atoms with Gasteiger partial charge >= 0.3 is 11.6 Å². The van der Waals surface area contributed by atoms with E-state index in [4.69, 9.17) is 9.47 Å². The van der Waals surface area contributed by atoms with Gasteiger partial charge in [-0.3, -0.25) is 24.5 Å².